The van der Waals surface area contributed by atoms with Crippen LogP contribution in [0.2, 0.25) is 0 Å². The third-order valence-corrected chi connectivity index (χ3v) is 17.0. The summed E-state index contributed by atoms with van der Waals surface area (Å²) in [5, 5.41) is 15.2. The average molecular weight is 1060 g/mol. The molecular formula is C55H87FN6O11S. The van der Waals surface area contributed by atoms with Gasteiger partial charge in [0.25, 0.3) is 0 Å². The summed E-state index contributed by atoms with van der Waals surface area (Å²) in [5.41, 5.74) is 0.00794. The lowest BCUT2D eigenvalue weighted by atomic mass is 9.89. The second-order valence-corrected chi connectivity index (χ2v) is 23.1. The molecule has 1 spiro atoms. The summed E-state index contributed by atoms with van der Waals surface area (Å²) < 4.78 is 26.6. The number of rotatable bonds is 31. The number of thioether (sulfide) groups is 1. The number of nitrogens with zero attached hydrogens (tertiary/aromatic N) is 4. The maximum atomic E-state index is 14.7. The Hall–Kier alpha value is -4.62. The molecule has 19 heteroatoms. The van der Waals surface area contributed by atoms with E-state index in [-0.39, 0.29) is 89.2 Å². The Balaban J connectivity index is 1.42. The minimum atomic E-state index is -1.41. The number of carboxylic acids is 1. The number of amides is 7. The van der Waals surface area contributed by atoms with Crippen molar-refractivity contribution in [3.63, 3.8) is 0 Å². The molecule has 2 saturated heterocycles. The van der Waals surface area contributed by atoms with Gasteiger partial charge in [0.2, 0.25) is 41.4 Å². The average Bonchev–Trinajstić information content (AvgIpc) is 3.93. The van der Waals surface area contributed by atoms with E-state index < -0.39 is 71.9 Å². The first-order valence-electron chi connectivity index (χ1n) is 26.9. The third-order valence-electron chi connectivity index (χ3n) is 15.7. The number of carbonyl (C=O) groups excluding carboxylic acids is 7. The first-order chi connectivity index (χ1) is 35.0. The molecule has 1 saturated carbocycles. The predicted octanol–water partition coefficient (Wildman–Crippen LogP) is 6.09. The van der Waals surface area contributed by atoms with Gasteiger partial charge in [-0.2, -0.15) is 0 Å². The van der Waals surface area contributed by atoms with Crippen LogP contribution < -0.4 is 10.6 Å². The summed E-state index contributed by atoms with van der Waals surface area (Å²) in [6.45, 7) is 15.8. The number of halogens is 1. The lowest BCUT2D eigenvalue weighted by Gasteiger charge is -2.41. The molecule has 1 aliphatic carbocycles. The van der Waals surface area contributed by atoms with Gasteiger partial charge in [-0.15, -0.1) is 11.8 Å². The molecule has 3 aliphatic rings. The standard InChI is InChI=1S/C55H87FN6O11S/c1-13-15-27-74-42-30-45(65)61(52(42)68)26-20-16-17-23-43(63)59(9)47(34(5)6)51(67)58-46(33(3)4)53(69)60(10)48(35(7)14-2)41(72-11)29-44(64)62-32-55(24-25-55)31-40(62)49(73-12)36(8)50(66)57-39(54(70)71)28-37-21-18-19-22-38(37)56/h18-19,21-22,33-36,39-42,46-49H,13-17,20,23-32H2,1-12H3,(H,57,66)(H,58,67)(H,70,71)/t35-,36+,39-,40-,41?,42?,46-,47-,48?,49?/m0/s1. The Kier molecular flexibility index (Phi) is 23.8. The van der Waals surface area contributed by atoms with Crippen molar-refractivity contribution < 1.29 is 57.3 Å². The van der Waals surface area contributed by atoms with Gasteiger partial charge in [-0.1, -0.05) is 92.9 Å². The highest BCUT2D eigenvalue weighted by atomic mass is 32.2. The molecule has 17 nitrogen and oxygen atoms in total. The third kappa shape index (κ3) is 16.0. The van der Waals surface area contributed by atoms with E-state index in [0.29, 0.717) is 45.2 Å². The second-order valence-electron chi connectivity index (χ2n) is 21.8. The minimum Gasteiger partial charge on any atom is -0.480 e. The van der Waals surface area contributed by atoms with Gasteiger partial charge in [-0.25, -0.2) is 9.18 Å². The fraction of sp³-hybridized carbons (Fsp3) is 0.745. The van der Waals surface area contributed by atoms with E-state index in [1.165, 1.54) is 42.2 Å². The van der Waals surface area contributed by atoms with Crippen molar-refractivity contribution in [2.45, 2.75) is 187 Å². The van der Waals surface area contributed by atoms with Crippen LogP contribution in [-0.2, 0) is 54.3 Å². The zero-order valence-electron chi connectivity index (χ0n) is 46.2. The molecule has 0 aromatic heterocycles. The number of nitrogens with one attached hydrogen (secondary N) is 2. The molecule has 4 rings (SSSR count). The highest BCUT2D eigenvalue weighted by Gasteiger charge is 2.56. The Morgan fingerprint density at radius 3 is 2.14 bits per heavy atom. The zero-order chi connectivity index (χ0) is 55.2. The van der Waals surface area contributed by atoms with Crippen LogP contribution in [0.25, 0.3) is 0 Å². The number of carbonyl (C=O) groups is 8. The molecule has 74 heavy (non-hydrogen) atoms. The fourth-order valence-corrected chi connectivity index (χ4v) is 12.1. The highest BCUT2D eigenvalue weighted by Crippen LogP contribution is 2.56. The maximum Gasteiger partial charge on any atom is 0.326 e. The van der Waals surface area contributed by atoms with Crippen molar-refractivity contribution in [2.75, 3.05) is 47.2 Å². The van der Waals surface area contributed by atoms with Gasteiger partial charge < -0.3 is 39.9 Å². The molecule has 2 aliphatic heterocycles. The molecule has 4 unspecified atom stereocenters. The Labute approximate surface area is 443 Å². The monoisotopic (exact) mass is 1060 g/mol. The first kappa shape index (κ1) is 61.9. The lowest BCUT2D eigenvalue weighted by molar-refractivity contribution is -0.149. The smallest absolute Gasteiger partial charge is 0.326 e. The van der Waals surface area contributed by atoms with Crippen molar-refractivity contribution in [1.82, 2.24) is 30.2 Å². The van der Waals surface area contributed by atoms with Crippen molar-refractivity contribution in [2.24, 2.45) is 29.1 Å². The van der Waals surface area contributed by atoms with Gasteiger partial charge >= 0.3 is 5.97 Å². The van der Waals surface area contributed by atoms with Crippen molar-refractivity contribution in [3.05, 3.63) is 35.6 Å². The van der Waals surface area contributed by atoms with Crippen LogP contribution in [0.15, 0.2) is 24.3 Å². The number of unbranched alkanes of at least 4 members (excludes halogenated alkanes) is 3. The van der Waals surface area contributed by atoms with E-state index in [1.807, 2.05) is 41.5 Å². The number of hydrogen-bond donors (Lipinski definition) is 3. The number of likely N-dealkylation sites (N-methyl/N-ethyl adjacent to an activating group) is 2. The van der Waals surface area contributed by atoms with Gasteiger partial charge in [0, 0.05) is 60.7 Å². The SMILES string of the molecule is CCCCSC1CC(=O)N(CCCCCC(=O)N(C)[C@H](C(=O)N[C@H](C(=O)N(C)C(C(CC(=O)N2CC3(CC3)C[C@H]2C(OC)[C@@H](C)C(=O)N[C@@H](Cc2ccccc2F)C(=O)O)OC)[C@@H](C)CC)C(C)C)C(C)C)C1=O. The molecule has 3 fully saturated rings. The Morgan fingerprint density at radius 1 is 0.892 bits per heavy atom. The largest absolute Gasteiger partial charge is 0.480 e. The van der Waals surface area contributed by atoms with E-state index >= 15 is 0 Å². The van der Waals surface area contributed by atoms with E-state index in [0.717, 1.165) is 31.4 Å². The molecule has 1 aromatic rings. The summed E-state index contributed by atoms with van der Waals surface area (Å²) in [4.78, 5) is 115. The Morgan fingerprint density at radius 2 is 1.57 bits per heavy atom. The van der Waals surface area contributed by atoms with Crippen LogP contribution in [0.5, 0.6) is 0 Å². The molecule has 10 atom stereocenters. The van der Waals surface area contributed by atoms with Crippen molar-refractivity contribution in [1.29, 1.82) is 0 Å². The normalized spacial score (nSPS) is 20.5. The number of methoxy groups -OCH3 is 2. The Bertz CT molecular complexity index is 2110. The molecule has 416 valence electrons. The lowest BCUT2D eigenvalue weighted by Crippen LogP contribution is -2.60. The second kappa shape index (κ2) is 28.5. The summed E-state index contributed by atoms with van der Waals surface area (Å²) >= 11 is 1.54. The van der Waals surface area contributed by atoms with Gasteiger partial charge in [-0.05, 0) is 79.1 Å². The van der Waals surface area contributed by atoms with E-state index in [2.05, 4.69) is 17.6 Å². The van der Waals surface area contributed by atoms with E-state index in [1.54, 1.807) is 48.6 Å². The molecule has 7 amide bonds. The molecule has 1 aromatic carbocycles. The zero-order valence-corrected chi connectivity index (χ0v) is 47.0. The summed E-state index contributed by atoms with van der Waals surface area (Å²) in [6.07, 6.45) is 5.15. The van der Waals surface area contributed by atoms with Crippen LogP contribution in [0.4, 0.5) is 4.39 Å². The molecular weight excluding hydrogens is 972 g/mol. The van der Waals surface area contributed by atoms with Crippen molar-refractivity contribution in [3.8, 4) is 0 Å². The van der Waals surface area contributed by atoms with E-state index in [9.17, 15) is 47.9 Å². The number of aliphatic carboxylic acids is 1. The number of hydrogen-bond acceptors (Lipinski definition) is 11. The van der Waals surface area contributed by atoms with Crippen LogP contribution in [0.1, 0.15) is 138 Å². The molecule has 0 bridgehead atoms. The molecule has 2 heterocycles. The molecule has 3 N–H and O–H groups in total. The molecule has 0 radical (unpaired) electrons. The number of benzene rings is 1. The minimum absolute atomic E-state index is 0.106. The highest BCUT2D eigenvalue weighted by molar-refractivity contribution is 8.00. The number of ether oxygens (including phenoxy) is 2. The van der Waals surface area contributed by atoms with Crippen LogP contribution >= 0.6 is 11.8 Å². The fourth-order valence-electron chi connectivity index (χ4n) is 10.8. The van der Waals surface area contributed by atoms with Crippen molar-refractivity contribution >= 4 is 59.1 Å². The van der Waals surface area contributed by atoms with Gasteiger partial charge in [0.05, 0.1) is 41.9 Å². The van der Waals surface area contributed by atoms with Crippen LogP contribution in [0.3, 0.4) is 0 Å². The topological polar surface area (TPSA) is 212 Å². The predicted molar refractivity (Wildman–Crippen MR) is 282 cm³/mol. The van der Waals surface area contributed by atoms with Gasteiger partial charge in [0.1, 0.15) is 23.9 Å². The number of imide groups is 1. The van der Waals surface area contributed by atoms with Crippen LogP contribution in [0, 0.1) is 34.9 Å². The van der Waals surface area contributed by atoms with Gasteiger partial charge in [0.15, 0.2) is 0 Å². The number of carboxylic acid groups (broad SMARTS) is 1. The van der Waals surface area contributed by atoms with Gasteiger partial charge in [-0.3, -0.25) is 38.5 Å². The maximum absolute atomic E-state index is 14.7. The first-order valence-corrected chi connectivity index (χ1v) is 27.9. The van der Waals surface area contributed by atoms with Crippen LogP contribution in [-0.4, -0.2) is 167 Å². The summed E-state index contributed by atoms with van der Waals surface area (Å²) in [6, 6.07) is 1.37. The van der Waals surface area contributed by atoms with E-state index in [4.69, 9.17) is 9.47 Å². The summed E-state index contributed by atoms with van der Waals surface area (Å²) in [7, 11) is 6.21. The summed E-state index contributed by atoms with van der Waals surface area (Å²) in [5.74, 6) is -4.99. The quantitative estimate of drug-likeness (QED) is 0.0570. The number of likely N-dealkylation sites (tertiary alicyclic amines) is 2.